The van der Waals surface area contributed by atoms with Crippen molar-refractivity contribution in [3.63, 3.8) is 0 Å². The number of imidazole rings is 4. The number of carbonyl (C=O) groups is 2. The molecule has 8 aromatic heterocycles. The molecule has 17 rings (SSSR count). The normalized spacial score (nSPS) is 33.7. The third kappa shape index (κ3) is 15.8. The summed E-state index contributed by atoms with van der Waals surface area (Å²) in [5.41, 5.74) is 11.1. The molecule has 8 aliphatic rings. The van der Waals surface area contributed by atoms with E-state index >= 15 is 8.78 Å². The second-order valence-electron chi connectivity index (χ2n) is 25.7. The van der Waals surface area contributed by atoms with Gasteiger partial charge in [0.25, 0.3) is 17.0 Å². The van der Waals surface area contributed by atoms with E-state index in [2.05, 4.69) is 81.0 Å². The largest absolute Gasteiger partial charge is 0.475 e. The minimum absolute atomic E-state index is 0. The van der Waals surface area contributed by atoms with Crippen molar-refractivity contribution in [2.24, 2.45) is 11.7 Å². The standard InChI is InChI=1S/C35H36FN11O14P2.C21H23FN10O12P2.CH5N.3CH4/c1-17(2)29(48)44-34-43-28-22(31(50)45-34)41-16-47(28)32-23-20(36)19(58-32)11-56-63(53,55-10-9-37-3)61-25-24-33(59-35(25,12-54-24)13-57-62(51,52)60-23)46-15-40-21-26(38-14-39-27(21)46)42-30(49)18-7-5-4-6-8-18;22-8-7-1-39-45(34,35)44-13-12-19(31-5-27-9-14(23)25-4-26-15(9)31)42-21(13,2-38-12)3-40-46(36,37)43-11(8)18(41-7)32-6-28-10-16(32)29-20(24)30-17(10)33;1-2;;;/h4-8,14-17,19-20,23-25,32-33H,9-13H2,1-2H3,(H,51,52)(H,38,39,42,49)(H2,43,44,45,48,50);4-8,11-13,18-19H,1-3H2,(H,34,35)(H,36,37)(H2,23,25,26)(H3,24,29,30,33);2H2,1H3;3*1H4/t19-,20-,23-,24-,25+,32-,33-,35-,63?;7-,8-,11-,12-,13+,18-,19-,21-;;;;/m11..../s1. The van der Waals surface area contributed by atoms with E-state index in [0.717, 1.165) is 21.8 Å². The van der Waals surface area contributed by atoms with Crippen LogP contribution in [0.2, 0.25) is 0 Å². The van der Waals surface area contributed by atoms with Crippen molar-refractivity contribution < 1.29 is 120 Å². The zero-order chi connectivity index (χ0) is 78.4. The molecule has 0 saturated carbocycles. The zero-order valence-electron chi connectivity index (χ0n) is 57.4. The van der Waals surface area contributed by atoms with E-state index in [1.165, 1.54) is 41.5 Å². The van der Waals surface area contributed by atoms with Crippen molar-refractivity contribution >= 4 is 111 Å². The highest BCUT2D eigenvalue weighted by atomic mass is 31.2. The molecule has 616 valence electrons. The van der Waals surface area contributed by atoms with Crippen LogP contribution in [0.3, 0.4) is 0 Å². The van der Waals surface area contributed by atoms with Crippen LogP contribution in [0.4, 0.5) is 32.3 Å². The van der Waals surface area contributed by atoms with Crippen molar-refractivity contribution in [2.75, 3.05) is 81.9 Å². The number of ether oxygens (including phenoxy) is 6. The minimum atomic E-state index is -5.33. The molecule has 0 spiro atoms. The predicted molar refractivity (Wildman–Crippen MR) is 385 cm³/mol. The lowest BCUT2D eigenvalue weighted by molar-refractivity contribution is -0.184. The van der Waals surface area contributed by atoms with Gasteiger partial charge in [-0.2, -0.15) is 9.97 Å². The van der Waals surface area contributed by atoms with Gasteiger partial charge in [0.1, 0.15) is 84.8 Å². The molecule has 2 amide bonds. The third-order valence-electron chi connectivity index (χ3n) is 18.4. The summed E-state index contributed by atoms with van der Waals surface area (Å²) in [6, 6.07) is 8.38. The number of benzene rings is 1. The molecule has 114 heavy (non-hydrogen) atoms. The molecule has 9 aromatic rings. The minimum Gasteiger partial charge on any atom is -0.382 e. The van der Waals surface area contributed by atoms with Gasteiger partial charge in [0.15, 0.2) is 88.0 Å². The van der Waals surface area contributed by atoms with E-state index in [1.54, 1.807) is 44.2 Å². The molecule has 0 aliphatic carbocycles. The number of alkyl halides is 2. The van der Waals surface area contributed by atoms with Gasteiger partial charge in [-0.05, 0) is 19.2 Å². The monoisotopic (exact) mass is 1680 g/mol. The van der Waals surface area contributed by atoms with Gasteiger partial charge in [-0.25, -0.2) is 73.5 Å². The Labute approximate surface area is 640 Å². The summed E-state index contributed by atoms with van der Waals surface area (Å²) < 4.78 is 178. The van der Waals surface area contributed by atoms with Gasteiger partial charge in [-0.3, -0.25) is 93.4 Å². The molecular formula is C60H76F2N22O26P4. The number of nitrogens with zero attached hydrogens (tertiary/aromatic N) is 15. The lowest BCUT2D eigenvalue weighted by Gasteiger charge is -2.32. The molecule has 8 bridgehead atoms. The van der Waals surface area contributed by atoms with Crippen LogP contribution in [-0.2, 0) is 92.2 Å². The van der Waals surface area contributed by atoms with Crippen molar-refractivity contribution in [3.05, 3.63) is 106 Å². The number of rotatable bonds is 11. The fourth-order valence-corrected chi connectivity index (χ4v) is 17.6. The summed E-state index contributed by atoms with van der Waals surface area (Å²) in [6.45, 7) is 5.56. The molecule has 8 saturated heterocycles. The molecule has 1 aromatic carbocycles. The maximum Gasteiger partial charge on any atom is 0.475 e. The summed E-state index contributed by atoms with van der Waals surface area (Å²) in [6.07, 6.45) is -15.5. The number of nitrogens with one attached hydrogen (secondary N) is 4. The van der Waals surface area contributed by atoms with E-state index in [9.17, 15) is 52.1 Å². The number of carbonyl (C=O) groups excluding carboxylic acids is 2. The average Bonchev–Trinajstić information content (AvgIpc) is 1.56. The Morgan fingerprint density at radius 3 is 1.68 bits per heavy atom. The Morgan fingerprint density at radius 2 is 1.11 bits per heavy atom. The fourth-order valence-electron chi connectivity index (χ4n) is 13.3. The predicted octanol–water partition coefficient (Wildman–Crippen LogP) is 3.20. The number of H-pyrrole nitrogens is 2. The maximum atomic E-state index is 16.5. The Bertz CT molecular complexity index is 5470. The molecule has 13 N–H and O–H groups in total. The molecule has 54 heteroatoms. The smallest absolute Gasteiger partial charge is 0.382 e. The topological polar surface area (TPSA) is 622 Å². The summed E-state index contributed by atoms with van der Waals surface area (Å²) in [7, 11) is -18.9. The van der Waals surface area contributed by atoms with Gasteiger partial charge >= 0.3 is 31.3 Å². The first-order chi connectivity index (χ1) is 53.0. The molecule has 4 unspecified atom stereocenters. The van der Waals surface area contributed by atoms with Gasteiger partial charge in [0.05, 0.1) is 65.0 Å². The van der Waals surface area contributed by atoms with Crippen LogP contribution in [0, 0.1) is 12.5 Å². The van der Waals surface area contributed by atoms with Crippen LogP contribution in [0.1, 0.15) is 71.4 Å². The van der Waals surface area contributed by atoms with Gasteiger partial charge in [0.2, 0.25) is 24.3 Å². The van der Waals surface area contributed by atoms with Crippen LogP contribution in [0.25, 0.3) is 49.5 Å². The number of aromatic nitrogens is 16. The van der Waals surface area contributed by atoms with E-state index in [4.69, 9.17) is 87.2 Å². The van der Waals surface area contributed by atoms with Gasteiger partial charge in [-0.15, -0.1) is 0 Å². The number of nitrogen functional groups attached to an aromatic ring is 2. The lowest BCUT2D eigenvalue weighted by Crippen LogP contribution is -2.46. The van der Waals surface area contributed by atoms with Crippen LogP contribution in [0.5, 0.6) is 0 Å². The highest BCUT2D eigenvalue weighted by Crippen LogP contribution is 2.62. The number of aromatic amines is 2. The molecular weight excluding hydrogens is 1610 g/mol. The number of phosphoric ester groups is 4. The Hall–Kier alpha value is -8.93. The van der Waals surface area contributed by atoms with Crippen LogP contribution in [0.15, 0.2) is 77.9 Å². The molecule has 16 heterocycles. The first kappa shape index (κ1) is 84.5. The van der Waals surface area contributed by atoms with Crippen molar-refractivity contribution in [3.8, 4) is 0 Å². The number of halogens is 2. The number of fused-ring (bicyclic) bond motifs is 8. The van der Waals surface area contributed by atoms with Gasteiger partial charge < -0.3 is 70.5 Å². The maximum absolute atomic E-state index is 16.5. The van der Waals surface area contributed by atoms with E-state index < -0.39 is 190 Å². The highest BCUT2D eigenvalue weighted by molar-refractivity contribution is 7.48. The second-order valence-corrected chi connectivity index (χ2v) is 31.6. The molecule has 8 fully saturated rings. The average molecular weight is 1680 g/mol. The highest BCUT2D eigenvalue weighted by Gasteiger charge is 2.68. The number of hydrogen-bond donors (Lipinski definition) is 10. The Balaban J connectivity index is 0.000000210. The first-order valence-electron chi connectivity index (χ1n) is 33.1. The fraction of sp³-hybridized carbons (Fsp3) is 0.517. The van der Waals surface area contributed by atoms with Gasteiger partial charge in [-0.1, -0.05) is 54.3 Å². The van der Waals surface area contributed by atoms with Crippen LogP contribution in [-0.4, -0.2) is 237 Å². The second kappa shape index (κ2) is 32.6. The zero-order valence-corrected chi connectivity index (χ0v) is 61.0. The van der Waals surface area contributed by atoms with E-state index in [1.807, 2.05) is 0 Å². The summed E-state index contributed by atoms with van der Waals surface area (Å²) in [4.78, 5) is 133. The lowest BCUT2D eigenvalue weighted by atomic mass is 10.0. The summed E-state index contributed by atoms with van der Waals surface area (Å²) in [5, 5.41) is 5.17. The number of phosphoric acid groups is 4. The number of amides is 2. The SMILES string of the molecule is C.C.C.CN.Nc1nc2c(ncn2[C@@H]2O[C@@H]3COP(=O)(O)O[C@H]4[C@H]5OC[C@]4(COP(=O)(O)O[C@@H]2[C@@H]3F)O[C@H]5n2cnc3c(N)ncnc32)c(=O)[nH]1.[C-]#[N+]CCOP1(=O)OC[C@H]2O[C@@H](n3cnc4c(=O)[nH]c(NC(=O)C(C)C)nc43)[C@H](OP(=O)(O)OC[C@@]34CO[C@@H]([C@H](n5cnc6c(NC(=O)c7ccccc7)ncnc65)O3)[C@@H]4O1)[C@@H]2F. The van der Waals surface area contributed by atoms with E-state index in [-0.39, 0.29) is 110 Å². The number of hydrogen-bond acceptors (Lipinski definition) is 36. The molecule has 0 radical (unpaired) electrons. The van der Waals surface area contributed by atoms with E-state index in [0.29, 0.717) is 5.56 Å². The first-order valence-corrected chi connectivity index (χ1v) is 39.1. The van der Waals surface area contributed by atoms with Crippen molar-refractivity contribution in [2.45, 2.75) is 133 Å². The number of anilines is 4. The summed E-state index contributed by atoms with van der Waals surface area (Å²) >= 11 is 0. The van der Waals surface area contributed by atoms with Crippen LogP contribution >= 0.6 is 31.3 Å². The van der Waals surface area contributed by atoms with Crippen molar-refractivity contribution in [1.29, 1.82) is 0 Å². The van der Waals surface area contributed by atoms with Crippen molar-refractivity contribution in [1.82, 2.24) is 78.1 Å². The Kier molecular flexibility index (Phi) is 24.2. The van der Waals surface area contributed by atoms with Crippen LogP contribution < -0.4 is 39.0 Å². The quantitative estimate of drug-likeness (QED) is 0.0505. The Morgan fingerprint density at radius 1 is 0.623 bits per heavy atom. The number of nitrogens with two attached hydrogens (primary N) is 3. The third-order valence-corrected chi connectivity index (χ3v) is 22.8. The molecule has 48 nitrogen and oxygen atoms in total. The molecule has 8 aliphatic heterocycles. The van der Waals surface area contributed by atoms with Gasteiger partial charge in [0, 0.05) is 11.5 Å². The summed E-state index contributed by atoms with van der Waals surface area (Å²) in [5.74, 6) is -1.89. The molecule has 20 atom stereocenters.